The van der Waals surface area contributed by atoms with E-state index in [2.05, 4.69) is 45.0 Å². The Morgan fingerprint density at radius 1 is 1.15 bits per heavy atom. The van der Waals surface area contributed by atoms with Gasteiger partial charge in [-0.25, -0.2) is 0 Å². The van der Waals surface area contributed by atoms with E-state index in [9.17, 15) is 0 Å². The van der Waals surface area contributed by atoms with Crippen molar-refractivity contribution in [3.05, 3.63) is 35.4 Å². The van der Waals surface area contributed by atoms with Gasteiger partial charge in [-0.1, -0.05) is 45.0 Å². The summed E-state index contributed by atoms with van der Waals surface area (Å²) in [4.78, 5) is 0. The Morgan fingerprint density at radius 3 is 2.46 bits per heavy atom. The second-order valence-electron chi connectivity index (χ2n) is 5.04. The van der Waals surface area contributed by atoms with Gasteiger partial charge < -0.3 is 0 Å². The molecule has 0 fully saturated rings. The van der Waals surface area contributed by atoms with Crippen LogP contribution in [0.2, 0.25) is 0 Å². The van der Waals surface area contributed by atoms with Gasteiger partial charge in [-0.3, -0.25) is 0 Å². The Morgan fingerprint density at radius 2 is 1.77 bits per heavy atom. The van der Waals surface area contributed by atoms with E-state index in [1.54, 1.807) is 11.1 Å². The lowest BCUT2D eigenvalue weighted by Gasteiger charge is -2.37. The lowest BCUT2D eigenvalue weighted by molar-refractivity contribution is 0.212. The monoisotopic (exact) mass is 174 g/mol. The van der Waals surface area contributed by atoms with Crippen LogP contribution in [-0.2, 0) is 12.8 Å². The third kappa shape index (κ3) is 1.50. The fourth-order valence-electron chi connectivity index (χ4n) is 2.20. The first-order valence-electron chi connectivity index (χ1n) is 5.16. The van der Waals surface area contributed by atoms with E-state index in [1.807, 2.05) is 0 Å². The highest BCUT2D eigenvalue weighted by Crippen LogP contribution is 2.38. The molecule has 0 spiro atoms. The molecule has 0 heterocycles. The highest BCUT2D eigenvalue weighted by Gasteiger charge is 2.31. The summed E-state index contributed by atoms with van der Waals surface area (Å²) in [5.74, 6) is 0.808. The van der Waals surface area contributed by atoms with E-state index in [4.69, 9.17) is 0 Å². The minimum Gasteiger partial charge on any atom is -0.0620 e. The van der Waals surface area contributed by atoms with Crippen LogP contribution in [0.1, 0.15) is 31.9 Å². The molecule has 1 aromatic carbocycles. The molecular formula is C13H18. The maximum Gasteiger partial charge on any atom is -0.0222 e. The van der Waals surface area contributed by atoms with E-state index in [0.29, 0.717) is 5.41 Å². The third-order valence-corrected chi connectivity index (χ3v) is 3.62. The van der Waals surface area contributed by atoms with Crippen molar-refractivity contribution in [3.8, 4) is 0 Å². The standard InChI is InChI=1S/C13H18/c1-10-8-11-6-4-5-7-12(11)9-13(10,2)3/h4-7,10H,8-9H2,1-3H3. The molecule has 0 nitrogen and oxygen atoms in total. The van der Waals surface area contributed by atoms with Crippen molar-refractivity contribution in [2.45, 2.75) is 33.6 Å². The van der Waals surface area contributed by atoms with Gasteiger partial charge in [0.2, 0.25) is 0 Å². The van der Waals surface area contributed by atoms with Crippen molar-refractivity contribution in [1.29, 1.82) is 0 Å². The summed E-state index contributed by atoms with van der Waals surface area (Å²) in [6.07, 6.45) is 2.49. The van der Waals surface area contributed by atoms with E-state index in [-0.39, 0.29) is 0 Å². The van der Waals surface area contributed by atoms with Gasteiger partial charge in [0.1, 0.15) is 0 Å². The molecule has 0 heteroatoms. The van der Waals surface area contributed by atoms with Gasteiger partial charge >= 0.3 is 0 Å². The van der Waals surface area contributed by atoms with Crippen molar-refractivity contribution < 1.29 is 0 Å². The molecule has 0 aromatic heterocycles. The SMILES string of the molecule is CC1Cc2ccccc2CC1(C)C. The van der Waals surface area contributed by atoms with Gasteiger partial charge in [-0.05, 0) is 35.3 Å². The van der Waals surface area contributed by atoms with Crippen LogP contribution in [0.5, 0.6) is 0 Å². The molecule has 13 heavy (non-hydrogen) atoms. The lowest BCUT2D eigenvalue weighted by Crippen LogP contribution is -2.30. The summed E-state index contributed by atoms with van der Waals surface area (Å²) in [5.41, 5.74) is 3.61. The third-order valence-electron chi connectivity index (χ3n) is 3.62. The summed E-state index contributed by atoms with van der Waals surface area (Å²) < 4.78 is 0. The molecule has 1 unspecified atom stereocenters. The number of rotatable bonds is 0. The Labute approximate surface area is 81.0 Å². The average Bonchev–Trinajstić information content (AvgIpc) is 2.06. The molecule has 1 aliphatic rings. The normalized spacial score (nSPS) is 25.3. The van der Waals surface area contributed by atoms with Gasteiger partial charge in [-0.15, -0.1) is 0 Å². The number of hydrogen-bond acceptors (Lipinski definition) is 0. The van der Waals surface area contributed by atoms with E-state index >= 15 is 0 Å². The zero-order valence-corrected chi connectivity index (χ0v) is 8.80. The smallest absolute Gasteiger partial charge is 0.0222 e. The largest absolute Gasteiger partial charge is 0.0620 e. The molecule has 0 saturated carbocycles. The Balaban J connectivity index is 2.39. The van der Waals surface area contributed by atoms with Crippen molar-refractivity contribution in [2.75, 3.05) is 0 Å². The fourth-order valence-corrected chi connectivity index (χ4v) is 2.20. The molecule has 70 valence electrons. The van der Waals surface area contributed by atoms with E-state index < -0.39 is 0 Å². The van der Waals surface area contributed by atoms with E-state index in [1.165, 1.54) is 12.8 Å². The lowest BCUT2D eigenvalue weighted by atomic mass is 9.68. The maximum atomic E-state index is 2.38. The molecule has 0 bridgehead atoms. The van der Waals surface area contributed by atoms with Crippen LogP contribution >= 0.6 is 0 Å². The van der Waals surface area contributed by atoms with Crippen LogP contribution in [0.4, 0.5) is 0 Å². The van der Waals surface area contributed by atoms with Gasteiger partial charge in [0.25, 0.3) is 0 Å². The number of hydrogen-bond donors (Lipinski definition) is 0. The predicted molar refractivity (Wildman–Crippen MR) is 56.8 cm³/mol. The highest BCUT2D eigenvalue weighted by atomic mass is 14.4. The van der Waals surface area contributed by atoms with Crippen LogP contribution in [0, 0.1) is 11.3 Å². The number of benzene rings is 1. The van der Waals surface area contributed by atoms with Gasteiger partial charge in [0.15, 0.2) is 0 Å². The zero-order chi connectivity index (χ0) is 9.47. The Hall–Kier alpha value is -0.780. The molecule has 0 amide bonds. The molecule has 0 aliphatic heterocycles. The van der Waals surface area contributed by atoms with Crippen LogP contribution in [0.3, 0.4) is 0 Å². The van der Waals surface area contributed by atoms with Gasteiger partial charge in [0, 0.05) is 0 Å². The summed E-state index contributed by atoms with van der Waals surface area (Å²) in [5, 5.41) is 0. The van der Waals surface area contributed by atoms with E-state index in [0.717, 1.165) is 5.92 Å². The fraction of sp³-hybridized carbons (Fsp3) is 0.538. The van der Waals surface area contributed by atoms with Crippen LogP contribution in [0.15, 0.2) is 24.3 Å². The van der Waals surface area contributed by atoms with Crippen molar-refractivity contribution >= 4 is 0 Å². The summed E-state index contributed by atoms with van der Waals surface area (Å²) in [7, 11) is 0. The first-order chi connectivity index (χ1) is 6.09. The second kappa shape index (κ2) is 2.87. The van der Waals surface area contributed by atoms with Crippen LogP contribution < -0.4 is 0 Å². The predicted octanol–water partition coefficient (Wildman–Crippen LogP) is 3.45. The van der Waals surface area contributed by atoms with Crippen molar-refractivity contribution in [3.63, 3.8) is 0 Å². The minimum atomic E-state index is 0.481. The zero-order valence-electron chi connectivity index (χ0n) is 8.80. The maximum absolute atomic E-state index is 2.38. The van der Waals surface area contributed by atoms with Crippen LogP contribution in [0.25, 0.3) is 0 Å². The molecule has 0 radical (unpaired) electrons. The minimum absolute atomic E-state index is 0.481. The summed E-state index contributed by atoms with van der Waals surface area (Å²) in [6.45, 7) is 7.14. The summed E-state index contributed by atoms with van der Waals surface area (Å²) in [6, 6.07) is 8.87. The summed E-state index contributed by atoms with van der Waals surface area (Å²) >= 11 is 0. The Bertz CT molecular complexity index is 310. The first kappa shape index (κ1) is 8.80. The molecular weight excluding hydrogens is 156 g/mol. The van der Waals surface area contributed by atoms with Crippen molar-refractivity contribution in [2.24, 2.45) is 11.3 Å². The quantitative estimate of drug-likeness (QED) is 0.565. The molecule has 1 aliphatic carbocycles. The highest BCUT2D eigenvalue weighted by molar-refractivity contribution is 5.31. The topological polar surface area (TPSA) is 0 Å². The average molecular weight is 174 g/mol. The molecule has 1 aromatic rings. The van der Waals surface area contributed by atoms with Crippen LogP contribution in [-0.4, -0.2) is 0 Å². The van der Waals surface area contributed by atoms with Crippen molar-refractivity contribution in [1.82, 2.24) is 0 Å². The molecule has 0 N–H and O–H groups in total. The van der Waals surface area contributed by atoms with Gasteiger partial charge in [-0.2, -0.15) is 0 Å². The van der Waals surface area contributed by atoms with Gasteiger partial charge in [0.05, 0.1) is 0 Å². The molecule has 2 rings (SSSR count). The second-order valence-corrected chi connectivity index (χ2v) is 5.04. The number of fused-ring (bicyclic) bond motifs is 1. The Kier molecular flexibility index (Phi) is 1.94. The molecule has 1 atom stereocenters. The first-order valence-corrected chi connectivity index (χ1v) is 5.16. The molecule has 0 saturated heterocycles.